The molecule has 36 heavy (non-hydrogen) atoms. The molecule has 1 fully saturated rings. The first-order valence-corrected chi connectivity index (χ1v) is 13.4. The lowest BCUT2D eigenvalue weighted by atomic mass is 9.98. The van der Waals surface area contributed by atoms with Crippen molar-refractivity contribution >= 4 is 45.4 Å². The van der Waals surface area contributed by atoms with E-state index in [4.69, 9.17) is 20.9 Å². The molecule has 0 radical (unpaired) electrons. The number of benzene rings is 2. The van der Waals surface area contributed by atoms with Gasteiger partial charge >= 0.3 is 0 Å². The van der Waals surface area contributed by atoms with Crippen LogP contribution >= 0.6 is 11.6 Å². The van der Waals surface area contributed by atoms with Gasteiger partial charge in [-0.3, -0.25) is 4.79 Å². The molecule has 4 rings (SSSR count). The van der Waals surface area contributed by atoms with Crippen LogP contribution in [0.4, 0.5) is 5.69 Å². The minimum atomic E-state index is -3.94. The fraction of sp³-hybridized carbons (Fsp3) is 0.308. The summed E-state index contributed by atoms with van der Waals surface area (Å²) >= 11 is 6.16. The lowest BCUT2D eigenvalue weighted by molar-refractivity contribution is -0.120. The maximum Gasteiger partial charge on any atom is 0.248 e. The number of aryl methyl sites for hydroxylation is 2. The van der Waals surface area contributed by atoms with Gasteiger partial charge in [0, 0.05) is 18.8 Å². The molecule has 1 saturated heterocycles. The molecule has 2 aromatic carbocycles. The van der Waals surface area contributed by atoms with Crippen LogP contribution < -0.4 is 10.1 Å². The van der Waals surface area contributed by atoms with Gasteiger partial charge in [0.25, 0.3) is 0 Å². The summed E-state index contributed by atoms with van der Waals surface area (Å²) < 4.78 is 39.1. The van der Waals surface area contributed by atoms with Crippen LogP contribution in [0.25, 0.3) is 12.2 Å². The molecule has 1 atom stereocenters. The van der Waals surface area contributed by atoms with Crippen molar-refractivity contribution in [2.24, 2.45) is 5.92 Å². The predicted octanol–water partition coefficient (Wildman–Crippen LogP) is 5.16. The van der Waals surface area contributed by atoms with Crippen LogP contribution in [0.3, 0.4) is 0 Å². The molecule has 0 aliphatic carbocycles. The van der Waals surface area contributed by atoms with E-state index < -0.39 is 15.9 Å². The average molecular weight is 530 g/mol. The third-order valence-electron chi connectivity index (χ3n) is 6.11. The van der Waals surface area contributed by atoms with Gasteiger partial charge in [-0.1, -0.05) is 52.7 Å². The summed E-state index contributed by atoms with van der Waals surface area (Å²) in [7, 11) is -2.43. The molecular weight excluding hydrogens is 502 g/mol. The summed E-state index contributed by atoms with van der Waals surface area (Å²) in [4.78, 5) is 13.0. The number of methoxy groups -OCH3 is 1. The summed E-state index contributed by atoms with van der Waals surface area (Å²) in [5.74, 6) is -0.118. The van der Waals surface area contributed by atoms with Crippen molar-refractivity contribution in [3.63, 3.8) is 0 Å². The number of halogens is 1. The van der Waals surface area contributed by atoms with Gasteiger partial charge in [0.05, 0.1) is 18.1 Å². The zero-order chi connectivity index (χ0) is 25.9. The van der Waals surface area contributed by atoms with Gasteiger partial charge in [0.1, 0.15) is 11.4 Å². The fourth-order valence-electron chi connectivity index (χ4n) is 4.14. The van der Waals surface area contributed by atoms with Crippen LogP contribution in [0.1, 0.15) is 35.4 Å². The summed E-state index contributed by atoms with van der Waals surface area (Å²) in [5.41, 5.74) is 2.83. The zero-order valence-electron chi connectivity index (χ0n) is 20.3. The molecule has 1 aliphatic rings. The quantitative estimate of drug-likeness (QED) is 0.453. The van der Waals surface area contributed by atoms with E-state index in [2.05, 4.69) is 10.5 Å². The SMILES string of the molecule is COc1ccc(NC(=O)C2CCCN(S(=O)(=O)c3c(C)noc3C=Cc3ccc(C)cc3)C2)cc1Cl. The fourth-order valence-corrected chi connectivity index (χ4v) is 6.17. The Morgan fingerprint density at radius 3 is 2.64 bits per heavy atom. The van der Waals surface area contributed by atoms with Gasteiger partial charge in [0.15, 0.2) is 10.7 Å². The number of piperidine rings is 1. The van der Waals surface area contributed by atoms with E-state index in [1.807, 2.05) is 31.2 Å². The highest BCUT2D eigenvalue weighted by Crippen LogP contribution is 2.31. The molecule has 1 N–H and O–H groups in total. The minimum Gasteiger partial charge on any atom is -0.495 e. The second-order valence-electron chi connectivity index (χ2n) is 8.75. The van der Waals surface area contributed by atoms with Crippen molar-refractivity contribution in [1.82, 2.24) is 9.46 Å². The molecule has 1 unspecified atom stereocenters. The van der Waals surface area contributed by atoms with Crippen LogP contribution in [-0.4, -0.2) is 44.0 Å². The number of carbonyl (C=O) groups is 1. The van der Waals surface area contributed by atoms with Crippen LogP contribution in [0.15, 0.2) is 51.9 Å². The van der Waals surface area contributed by atoms with Crippen molar-refractivity contribution < 1.29 is 22.5 Å². The molecule has 8 nitrogen and oxygen atoms in total. The predicted molar refractivity (Wildman–Crippen MR) is 139 cm³/mol. The van der Waals surface area contributed by atoms with E-state index in [0.29, 0.717) is 35.8 Å². The molecular formula is C26H28ClN3O5S. The van der Waals surface area contributed by atoms with Crippen LogP contribution in [0.2, 0.25) is 5.02 Å². The molecule has 3 aromatic rings. The first-order valence-electron chi connectivity index (χ1n) is 11.5. The van der Waals surface area contributed by atoms with Crippen molar-refractivity contribution in [3.05, 3.63) is 70.1 Å². The van der Waals surface area contributed by atoms with Gasteiger partial charge in [-0.05, 0) is 56.5 Å². The molecule has 1 aromatic heterocycles. The third-order valence-corrected chi connectivity index (χ3v) is 8.43. The van der Waals surface area contributed by atoms with Gasteiger partial charge in [-0.2, -0.15) is 4.31 Å². The zero-order valence-corrected chi connectivity index (χ0v) is 21.9. The number of rotatable bonds is 7. The number of aromatic nitrogens is 1. The number of hydrogen-bond donors (Lipinski definition) is 1. The third kappa shape index (κ3) is 5.64. The minimum absolute atomic E-state index is 0.0221. The second kappa shape index (κ2) is 10.9. The van der Waals surface area contributed by atoms with Crippen LogP contribution in [0, 0.1) is 19.8 Å². The highest BCUT2D eigenvalue weighted by Gasteiger charge is 2.37. The van der Waals surface area contributed by atoms with E-state index in [-0.39, 0.29) is 28.8 Å². The number of ether oxygens (including phenoxy) is 1. The molecule has 0 saturated carbocycles. The smallest absolute Gasteiger partial charge is 0.248 e. The van der Waals surface area contributed by atoms with E-state index in [0.717, 1.165) is 11.1 Å². The van der Waals surface area contributed by atoms with E-state index in [9.17, 15) is 13.2 Å². The molecule has 1 amide bonds. The van der Waals surface area contributed by atoms with Gasteiger partial charge in [-0.15, -0.1) is 0 Å². The number of nitrogens with one attached hydrogen (secondary N) is 1. The number of carbonyl (C=O) groups excluding carboxylic acids is 1. The summed E-state index contributed by atoms with van der Waals surface area (Å²) in [6.07, 6.45) is 4.52. The Labute approximate surface area is 215 Å². The molecule has 190 valence electrons. The van der Waals surface area contributed by atoms with Crippen molar-refractivity contribution in [3.8, 4) is 5.75 Å². The van der Waals surface area contributed by atoms with Crippen molar-refractivity contribution in [2.75, 3.05) is 25.5 Å². The number of anilines is 1. The average Bonchev–Trinajstić information content (AvgIpc) is 3.25. The summed E-state index contributed by atoms with van der Waals surface area (Å²) in [6, 6.07) is 12.8. The Morgan fingerprint density at radius 1 is 1.19 bits per heavy atom. The van der Waals surface area contributed by atoms with Crippen LogP contribution in [0.5, 0.6) is 5.75 Å². The van der Waals surface area contributed by atoms with E-state index >= 15 is 0 Å². The Balaban J connectivity index is 1.51. The van der Waals surface area contributed by atoms with Gasteiger partial charge in [-0.25, -0.2) is 8.42 Å². The molecule has 2 heterocycles. The van der Waals surface area contributed by atoms with Gasteiger partial charge in [0.2, 0.25) is 15.9 Å². The normalized spacial score (nSPS) is 16.8. The summed E-state index contributed by atoms with van der Waals surface area (Å²) in [5, 5.41) is 7.11. The maximum atomic E-state index is 13.6. The Hall–Kier alpha value is -3.14. The largest absolute Gasteiger partial charge is 0.495 e. The molecule has 10 heteroatoms. The number of amides is 1. The van der Waals surface area contributed by atoms with Crippen LogP contribution in [-0.2, 0) is 14.8 Å². The van der Waals surface area contributed by atoms with E-state index in [1.165, 1.54) is 11.4 Å². The Morgan fingerprint density at radius 2 is 1.94 bits per heavy atom. The first kappa shape index (κ1) is 25.9. The number of hydrogen-bond acceptors (Lipinski definition) is 6. The second-order valence-corrected chi connectivity index (χ2v) is 11.0. The summed E-state index contributed by atoms with van der Waals surface area (Å²) in [6.45, 7) is 3.97. The monoisotopic (exact) mass is 529 g/mol. The highest BCUT2D eigenvalue weighted by atomic mass is 35.5. The van der Waals surface area contributed by atoms with Crippen molar-refractivity contribution in [1.29, 1.82) is 0 Å². The molecule has 0 spiro atoms. The van der Waals surface area contributed by atoms with E-state index in [1.54, 1.807) is 37.3 Å². The van der Waals surface area contributed by atoms with Crippen molar-refractivity contribution in [2.45, 2.75) is 31.6 Å². The number of sulfonamides is 1. The van der Waals surface area contributed by atoms with Gasteiger partial charge < -0.3 is 14.6 Å². The molecule has 0 bridgehead atoms. The lowest BCUT2D eigenvalue weighted by Crippen LogP contribution is -2.43. The standard InChI is InChI=1S/C26H28ClN3O5S/c1-17-6-8-19(9-7-17)10-12-24-25(18(2)29-35-24)36(32,33)30-14-4-5-20(16-30)26(31)28-21-11-13-23(34-3)22(27)15-21/h6-13,15,20H,4-5,14,16H2,1-3H3,(H,28,31). The molecule has 1 aliphatic heterocycles. The Bertz CT molecular complexity index is 1380. The Kier molecular flexibility index (Phi) is 7.82. The number of nitrogens with zero attached hydrogens (tertiary/aromatic N) is 2. The highest BCUT2D eigenvalue weighted by molar-refractivity contribution is 7.89. The lowest BCUT2D eigenvalue weighted by Gasteiger charge is -2.31. The first-order chi connectivity index (χ1) is 17.2. The maximum absolute atomic E-state index is 13.6. The topological polar surface area (TPSA) is 102 Å².